The number of methoxy groups -OCH3 is 1. The quantitative estimate of drug-likeness (QED) is 0.406. The van der Waals surface area contributed by atoms with E-state index in [1.165, 1.54) is 24.6 Å². The second-order valence-electron chi connectivity index (χ2n) is 8.00. The Balaban J connectivity index is 1.60. The normalized spacial score (nSPS) is 13.4. The summed E-state index contributed by atoms with van der Waals surface area (Å²) in [6, 6.07) is 18.5. The Morgan fingerprint density at radius 1 is 0.970 bits per heavy atom. The lowest BCUT2D eigenvalue weighted by Gasteiger charge is -2.17. The molecule has 0 aliphatic heterocycles. The first-order chi connectivity index (χ1) is 16.2. The molecule has 1 aliphatic carbocycles. The number of rotatable bonds is 6. The van der Waals surface area contributed by atoms with Gasteiger partial charge in [0.1, 0.15) is 17.4 Å². The van der Waals surface area contributed by atoms with Crippen molar-refractivity contribution in [3.8, 4) is 22.6 Å². The van der Waals surface area contributed by atoms with E-state index < -0.39 is 0 Å². The standard InChI is InChI=1S/C26H26N6O/c1-33-20-13-11-18(12-14-20)21-9-5-6-10-22(21)32-23(19-7-3-2-4-8-19)15-25(31-32)30-26-17-28-24(27)16-29-26/h5-7,9-17H,2-4,8H2,1H3,(H2,27,28)(H,29,30,31). The van der Waals surface area contributed by atoms with Gasteiger partial charge in [-0.25, -0.2) is 14.6 Å². The molecule has 0 atom stereocenters. The fourth-order valence-corrected chi connectivity index (χ4v) is 4.13. The average molecular weight is 439 g/mol. The maximum Gasteiger partial charge on any atom is 0.154 e. The van der Waals surface area contributed by atoms with Gasteiger partial charge in [0.25, 0.3) is 0 Å². The number of aromatic nitrogens is 4. The molecule has 166 valence electrons. The van der Waals surface area contributed by atoms with Crippen LogP contribution in [-0.2, 0) is 0 Å². The van der Waals surface area contributed by atoms with Crippen molar-refractivity contribution in [3.63, 3.8) is 0 Å². The molecular formula is C26H26N6O. The molecule has 0 saturated heterocycles. The number of para-hydroxylation sites is 1. The van der Waals surface area contributed by atoms with Crippen LogP contribution in [0, 0.1) is 0 Å². The van der Waals surface area contributed by atoms with Crippen LogP contribution in [-0.4, -0.2) is 26.9 Å². The van der Waals surface area contributed by atoms with Crippen molar-refractivity contribution in [2.45, 2.75) is 25.7 Å². The van der Waals surface area contributed by atoms with Crippen LogP contribution in [0.1, 0.15) is 31.4 Å². The lowest BCUT2D eigenvalue weighted by atomic mass is 9.96. The number of hydrogen-bond donors (Lipinski definition) is 2. The molecular weight excluding hydrogens is 412 g/mol. The predicted molar refractivity (Wildman–Crippen MR) is 132 cm³/mol. The van der Waals surface area contributed by atoms with Gasteiger partial charge in [0.15, 0.2) is 5.82 Å². The van der Waals surface area contributed by atoms with Gasteiger partial charge in [-0.05, 0) is 55.0 Å². The summed E-state index contributed by atoms with van der Waals surface area (Å²) in [6.07, 6.45) is 10.0. The van der Waals surface area contributed by atoms with Gasteiger partial charge >= 0.3 is 0 Å². The first-order valence-electron chi connectivity index (χ1n) is 11.1. The molecule has 3 N–H and O–H groups in total. The molecule has 0 spiro atoms. The number of anilines is 3. The summed E-state index contributed by atoms with van der Waals surface area (Å²) < 4.78 is 7.37. The zero-order chi connectivity index (χ0) is 22.6. The van der Waals surface area contributed by atoms with Gasteiger partial charge < -0.3 is 15.8 Å². The highest BCUT2D eigenvalue weighted by Gasteiger charge is 2.18. The van der Waals surface area contributed by atoms with E-state index in [4.69, 9.17) is 15.6 Å². The highest BCUT2D eigenvalue weighted by molar-refractivity contribution is 5.76. The SMILES string of the molecule is COc1ccc(-c2ccccc2-n2nc(Nc3cnc(N)cn3)cc2C2=CCCCC2)cc1. The molecule has 4 aromatic rings. The summed E-state index contributed by atoms with van der Waals surface area (Å²) in [6.45, 7) is 0. The molecule has 1 aliphatic rings. The summed E-state index contributed by atoms with van der Waals surface area (Å²) in [5.74, 6) is 2.52. The minimum Gasteiger partial charge on any atom is -0.497 e. The van der Waals surface area contributed by atoms with Crippen molar-refractivity contribution < 1.29 is 4.74 Å². The molecule has 33 heavy (non-hydrogen) atoms. The molecule has 0 unspecified atom stereocenters. The van der Waals surface area contributed by atoms with Gasteiger partial charge in [0.05, 0.1) is 30.9 Å². The van der Waals surface area contributed by atoms with Crippen molar-refractivity contribution in [2.75, 3.05) is 18.2 Å². The largest absolute Gasteiger partial charge is 0.497 e. The molecule has 0 fully saturated rings. The van der Waals surface area contributed by atoms with Gasteiger partial charge in [-0.3, -0.25) is 0 Å². The molecule has 0 saturated carbocycles. The van der Waals surface area contributed by atoms with Crippen molar-refractivity contribution in [2.24, 2.45) is 0 Å². The Morgan fingerprint density at radius 2 is 1.82 bits per heavy atom. The number of benzene rings is 2. The second-order valence-corrected chi connectivity index (χ2v) is 8.00. The number of nitrogens with one attached hydrogen (secondary N) is 1. The molecule has 0 radical (unpaired) electrons. The third-order valence-corrected chi connectivity index (χ3v) is 5.79. The van der Waals surface area contributed by atoms with Crippen LogP contribution in [0.4, 0.5) is 17.5 Å². The molecule has 0 bridgehead atoms. The number of allylic oxidation sites excluding steroid dienone is 2. The van der Waals surface area contributed by atoms with Crippen molar-refractivity contribution in [1.82, 2.24) is 19.7 Å². The lowest BCUT2D eigenvalue weighted by Crippen LogP contribution is -2.05. The fraction of sp³-hybridized carbons (Fsp3) is 0.192. The maximum atomic E-state index is 5.68. The van der Waals surface area contributed by atoms with Crippen LogP contribution in [0.2, 0.25) is 0 Å². The molecule has 5 rings (SSSR count). The van der Waals surface area contributed by atoms with Crippen molar-refractivity contribution in [3.05, 3.63) is 78.8 Å². The Kier molecular flexibility index (Phi) is 5.76. The first kappa shape index (κ1) is 20.8. The monoisotopic (exact) mass is 438 g/mol. The zero-order valence-electron chi connectivity index (χ0n) is 18.5. The summed E-state index contributed by atoms with van der Waals surface area (Å²) in [7, 11) is 1.68. The number of nitrogens with zero attached hydrogens (tertiary/aromatic N) is 4. The number of ether oxygens (including phenoxy) is 1. The Labute approximate surface area is 193 Å². The molecule has 0 amide bonds. The maximum absolute atomic E-state index is 5.68. The highest BCUT2D eigenvalue weighted by atomic mass is 16.5. The molecule has 2 aromatic carbocycles. The average Bonchev–Trinajstić information content (AvgIpc) is 3.30. The third-order valence-electron chi connectivity index (χ3n) is 5.79. The van der Waals surface area contributed by atoms with Gasteiger partial charge in [0.2, 0.25) is 0 Å². The molecule has 7 nitrogen and oxygen atoms in total. The first-order valence-corrected chi connectivity index (χ1v) is 11.1. The van der Waals surface area contributed by atoms with Gasteiger partial charge in [-0.1, -0.05) is 36.4 Å². The molecule has 2 aromatic heterocycles. The van der Waals surface area contributed by atoms with Crippen LogP contribution in [0.5, 0.6) is 5.75 Å². The van der Waals surface area contributed by atoms with Crippen LogP contribution in [0.3, 0.4) is 0 Å². The van der Waals surface area contributed by atoms with Crippen molar-refractivity contribution >= 4 is 23.0 Å². The summed E-state index contributed by atoms with van der Waals surface area (Å²) in [5.41, 5.74) is 11.3. The third kappa shape index (κ3) is 4.43. The van der Waals surface area contributed by atoms with E-state index in [1.54, 1.807) is 13.3 Å². The van der Waals surface area contributed by atoms with E-state index >= 15 is 0 Å². The zero-order valence-corrected chi connectivity index (χ0v) is 18.5. The summed E-state index contributed by atoms with van der Waals surface area (Å²) >= 11 is 0. The van der Waals surface area contributed by atoms with Crippen LogP contribution < -0.4 is 15.8 Å². The van der Waals surface area contributed by atoms with E-state index in [0.717, 1.165) is 41.1 Å². The Hall–Kier alpha value is -4.13. The van der Waals surface area contributed by atoms with Crippen LogP contribution >= 0.6 is 0 Å². The topological polar surface area (TPSA) is 90.9 Å². The van der Waals surface area contributed by atoms with Gasteiger partial charge in [0, 0.05) is 11.6 Å². The minimum atomic E-state index is 0.382. The van der Waals surface area contributed by atoms with Crippen LogP contribution in [0.15, 0.2) is 73.1 Å². The number of nitrogen functional groups attached to an aromatic ring is 1. The number of hydrogen-bond acceptors (Lipinski definition) is 6. The van der Waals surface area contributed by atoms with Crippen LogP contribution in [0.25, 0.3) is 22.4 Å². The highest BCUT2D eigenvalue weighted by Crippen LogP contribution is 2.34. The van der Waals surface area contributed by atoms with Gasteiger partial charge in [-0.2, -0.15) is 0 Å². The van der Waals surface area contributed by atoms with E-state index in [1.807, 2.05) is 22.9 Å². The summed E-state index contributed by atoms with van der Waals surface area (Å²) in [4.78, 5) is 8.42. The summed E-state index contributed by atoms with van der Waals surface area (Å²) in [5, 5.41) is 8.20. The second kappa shape index (κ2) is 9.16. The minimum absolute atomic E-state index is 0.382. The lowest BCUT2D eigenvalue weighted by molar-refractivity contribution is 0.415. The van der Waals surface area contributed by atoms with E-state index in [2.05, 4.69) is 57.8 Å². The van der Waals surface area contributed by atoms with Gasteiger partial charge in [-0.15, -0.1) is 5.10 Å². The number of nitrogens with two attached hydrogens (primary N) is 1. The predicted octanol–water partition coefficient (Wildman–Crippen LogP) is 5.62. The molecule has 2 heterocycles. The van der Waals surface area contributed by atoms with E-state index in [0.29, 0.717) is 17.5 Å². The van der Waals surface area contributed by atoms with E-state index in [-0.39, 0.29) is 0 Å². The van der Waals surface area contributed by atoms with Crippen molar-refractivity contribution in [1.29, 1.82) is 0 Å². The fourth-order valence-electron chi connectivity index (χ4n) is 4.13. The Morgan fingerprint density at radius 3 is 2.55 bits per heavy atom. The molecule has 7 heteroatoms. The Bertz CT molecular complexity index is 1280. The van der Waals surface area contributed by atoms with E-state index in [9.17, 15) is 0 Å². The smallest absolute Gasteiger partial charge is 0.154 e.